The number of hydrogen-bond donors (Lipinski definition) is 1. The van der Waals surface area contributed by atoms with Gasteiger partial charge in [0.05, 0.1) is 0 Å². The molecule has 1 aliphatic rings. The predicted octanol–water partition coefficient (Wildman–Crippen LogP) is 2.72. The van der Waals surface area contributed by atoms with Crippen LogP contribution in [0.1, 0.15) is 42.9 Å². The second-order valence-corrected chi connectivity index (χ2v) is 3.86. The van der Waals surface area contributed by atoms with E-state index in [2.05, 4.69) is 6.92 Å². The second kappa shape index (κ2) is 3.11. The highest BCUT2D eigenvalue weighted by molar-refractivity contribution is 5.35. The Labute approximate surface area is 77.8 Å². The molecule has 1 aliphatic carbocycles. The summed E-state index contributed by atoms with van der Waals surface area (Å²) >= 11 is 0. The van der Waals surface area contributed by atoms with Crippen LogP contribution in [0.3, 0.4) is 0 Å². The molecule has 0 saturated heterocycles. The first-order valence-corrected chi connectivity index (χ1v) is 4.73. The number of hydrogen-bond acceptors (Lipinski definition) is 1. The van der Waals surface area contributed by atoms with Crippen LogP contribution >= 0.6 is 0 Å². The minimum Gasteiger partial charge on any atom is -0.324 e. The van der Waals surface area contributed by atoms with E-state index in [1.54, 1.807) is 6.07 Å². The molecule has 1 nitrogen and oxygen atoms in total. The Morgan fingerprint density at radius 1 is 1.31 bits per heavy atom. The summed E-state index contributed by atoms with van der Waals surface area (Å²) in [7, 11) is 0. The van der Waals surface area contributed by atoms with Crippen LogP contribution < -0.4 is 5.73 Å². The van der Waals surface area contributed by atoms with Crippen LogP contribution in [0.15, 0.2) is 18.2 Å². The first-order chi connectivity index (χ1) is 6.18. The number of benzene rings is 1. The van der Waals surface area contributed by atoms with Gasteiger partial charge in [-0.3, -0.25) is 0 Å². The van der Waals surface area contributed by atoms with Crippen LogP contribution in [0.25, 0.3) is 0 Å². The van der Waals surface area contributed by atoms with Gasteiger partial charge in [-0.05, 0) is 42.0 Å². The number of nitrogens with two attached hydrogens (primary N) is 1. The minimum absolute atomic E-state index is 0.0295. The highest BCUT2D eigenvalue weighted by Crippen LogP contribution is 2.35. The van der Waals surface area contributed by atoms with E-state index in [-0.39, 0.29) is 11.9 Å². The van der Waals surface area contributed by atoms with E-state index >= 15 is 0 Å². The van der Waals surface area contributed by atoms with Crippen molar-refractivity contribution in [3.05, 3.63) is 35.1 Å². The monoisotopic (exact) mass is 179 g/mol. The molecule has 0 saturated carbocycles. The summed E-state index contributed by atoms with van der Waals surface area (Å²) in [6.07, 6.45) is 2.08. The van der Waals surface area contributed by atoms with Crippen molar-refractivity contribution in [2.75, 3.05) is 0 Å². The van der Waals surface area contributed by atoms with Crippen molar-refractivity contribution in [3.8, 4) is 0 Å². The molecular formula is C11H14FN. The molecule has 2 rings (SSSR count). The van der Waals surface area contributed by atoms with E-state index < -0.39 is 0 Å². The van der Waals surface area contributed by atoms with Gasteiger partial charge < -0.3 is 5.73 Å². The SMILES string of the molecule is CC1CC[C@@H](N)c2cc(F)ccc21. The first-order valence-electron chi connectivity index (χ1n) is 4.73. The molecule has 2 heteroatoms. The molecule has 0 bridgehead atoms. The van der Waals surface area contributed by atoms with Crippen molar-refractivity contribution in [1.82, 2.24) is 0 Å². The largest absolute Gasteiger partial charge is 0.324 e. The molecule has 0 aliphatic heterocycles. The van der Waals surface area contributed by atoms with Gasteiger partial charge in [-0.2, -0.15) is 0 Å². The van der Waals surface area contributed by atoms with Crippen molar-refractivity contribution in [1.29, 1.82) is 0 Å². The van der Waals surface area contributed by atoms with Gasteiger partial charge in [0.15, 0.2) is 0 Å². The molecule has 2 atom stereocenters. The van der Waals surface area contributed by atoms with Gasteiger partial charge in [0.1, 0.15) is 5.82 Å². The van der Waals surface area contributed by atoms with Crippen LogP contribution in [0, 0.1) is 5.82 Å². The molecule has 1 aromatic rings. The summed E-state index contributed by atoms with van der Waals surface area (Å²) in [5.41, 5.74) is 8.13. The smallest absolute Gasteiger partial charge is 0.123 e. The molecule has 0 fully saturated rings. The van der Waals surface area contributed by atoms with Crippen molar-refractivity contribution >= 4 is 0 Å². The molecule has 13 heavy (non-hydrogen) atoms. The lowest BCUT2D eigenvalue weighted by Gasteiger charge is -2.27. The quantitative estimate of drug-likeness (QED) is 0.651. The zero-order valence-corrected chi connectivity index (χ0v) is 7.76. The maximum Gasteiger partial charge on any atom is 0.123 e. The first kappa shape index (κ1) is 8.70. The summed E-state index contributed by atoms with van der Waals surface area (Å²) in [6.45, 7) is 2.17. The molecule has 0 amide bonds. The van der Waals surface area contributed by atoms with Gasteiger partial charge in [-0.15, -0.1) is 0 Å². The molecule has 2 N–H and O–H groups in total. The van der Waals surface area contributed by atoms with Crippen LogP contribution in [-0.2, 0) is 0 Å². The van der Waals surface area contributed by atoms with Crippen molar-refractivity contribution in [3.63, 3.8) is 0 Å². The molecule has 1 unspecified atom stereocenters. The molecule has 0 aromatic heterocycles. The molecule has 0 radical (unpaired) electrons. The number of halogens is 1. The molecule has 70 valence electrons. The maximum atomic E-state index is 12.9. The fourth-order valence-electron chi connectivity index (χ4n) is 2.06. The van der Waals surface area contributed by atoms with Crippen LogP contribution in [0.4, 0.5) is 4.39 Å². The Bertz CT molecular complexity index is 322. The standard InChI is InChI=1S/C11H14FN/c1-7-2-5-11(13)10-6-8(12)3-4-9(7)10/h3-4,6-7,11H,2,5,13H2,1H3/t7?,11-/m1/s1. The van der Waals surface area contributed by atoms with E-state index in [0.29, 0.717) is 5.92 Å². The van der Waals surface area contributed by atoms with E-state index in [0.717, 1.165) is 18.4 Å². The topological polar surface area (TPSA) is 26.0 Å². The normalized spacial score (nSPS) is 27.0. The zero-order valence-electron chi connectivity index (χ0n) is 7.76. The Balaban J connectivity index is 2.50. The third-order valence-electron chi connectivity index (χ3n) is 2.89. The van der Waals surface area contributed by atoms with Crippen LogP contribution in [-0.4, -0.2) is 0 Å². The third kappa shape index (κ3) is 1.46. The Morgan fingerprint density at radius 3 is 2.85 bits per heavy atom. The number of fused-ring (bicyclic) bond motifs is 1. The van der Waals surface area contributed by atoms with Gasteiger partial charge in [0.25, 0.3) is 0 Å². The van der Waals surface area contributed by atoms with Gasteiger partial charge >= 0.3 is 0 Å². The molecule has 0 heterocycles. The van der Waals surface area contributed by atoms with Gasteiger partial charge in [0.2, 0.25) is 0 Å². The Kier molecular flexibility index (Phi) is 2.08. The lowest BCUT2D eigenvalue weighted by Crippen LogP contribution is -2.19. The highest BCUT2D eigenvalue weighted by Gasteiger charge is 2.22. The van der Waals surface area contributed by atoms with Crippen LogP contribution in [0.5, 0.6) is 0 Å². The molecule has 0 spiro atoms. The zero-order chi connectivity index (χ0) is 9.42. The molecular weight excluding hydrogens is 165 g/mol. The van der Waals surface area contributed by atoms with Gasteiger partial charge in [0, 0.05) is 6.04 Å². The summed E-state index contributed by atoms with van der Waals surface area (Å²) in [6, 6.07) is 5.00. The Hall–Kier alpha value is -0.890. The van der Waals surface area contributed by atoms with Gasteiger partial charge in [-0.1, -0.05) is 13.0 Å². The average Bonchev–Trinajstić information content (AvgIpc) is 2.12. The summed E-state index contributed by atoms with van der Waals surface area (Å²) < 4.78 is 12.9. The van der Waals surface area contributed by atoms with E-state index in [4.69, 9.17) is 5.73 Å². The summed E-state index contributed by atoms with van der Waals surface area (Å²) in [5, 5.41) is 0. The lowest BCUT2D eigenvalue weighted by molar-refractivity contribution is 0.507. The highest BCUT2D eigenvalue weighted by atomic mass is 19.1. The second-order valence-electron chi connectivity index (χ2n) is 3.86. The molecule has 1 aromatic carbocycles. The Morgan fingerprint density at radius 2 is 2.08 bits per heavy atom. The van der Waals surface area contributed by atoms with Crippen LogP contribution in [0.2, 0.25) is 0 Å². The predicted molar refractivity (Wildman–Crippen MR) is 51.0 cm³/mol. The van der Waals surface area contributed by atoms with E-state index in [9.17, 15) is 4.39 Å². The fourth-order valence-corrected chi connectivity index (χ4v) is 2.06. The van der Waals surface area contributed by atoms with E-state index in [1.165, 1.54) is 11.6 Å². The van der Waals surface area contributed by atoms with Gasteiger partial charge in [-0.25, -0.2) is 4.39 Å². The van der Waals surface area contributed by atoms with Crippen molar-refractivity contribution < 1.29 is 4.39 Å². The van der Waals surface area contributed by atoms with Crippen molar-refractivity contribution in [2.24, 2.45) is 5.73 Å². The maximum absolute atomic E-state index is 12.9. The summed E-state index contributed by atoms with van der Waals surface area (Å²) in [4.78, 5) is 0. The fraction of sp³-hybridized carbons (Fsp3) is 0.455. The minimum atomic E-state index is -0.177. The summed E-state index contributed by atoms with van der Waals surface area (Å²) in [5.74, 6) is 0.346. The average molecular weight is 179 g/mol. The van der Waals surface area contributed by atoms with Crippen molar-refractivity contribution in [2.45, 2.75) is 31.7 Å². The van der Waals surface area contributed by atoms with E-state index in [1.807, 2.05) is 6.07 Å². The number of rotatable bonds is 0. The lowest BCUT2D eigenvalue weighted by atomic mass is 9.81. The third-order valence-corrected chi connectivity index (χ3v) is 2.89.